The average molecular weight is 263 g/mol. The van der Waals surface area contributed by atoms with Gasteiger partial charge in [0.2, 0.25) is 0 Å². The molecular formula is C15H15F2NO. The molecule has 0 aliphatic heterocycles. The summed E-state index contributed by atoms with van der Waals surface area (Å²) < 4.78 is 30.9. The molecule has 19 heavy (non-hydrogen) atoms. The Balaban J connectivity index is 1.77. The van der Waals surface area contributed by atoms with Crippen LogP contribution in [0, 0.1) is 18.6 Å². The Kier molecular flexibility index (Phi) is 4.34. The van der Waals surface area contributed by atoms with Crippen molar-refractivity contribution in [2.45, 2.75) is 6.92 Å². The lowest BCUT2D eigenvalue weighted by Crippen LogP contribution is -2.11. The van der Waals surface area contributed by atoms with Crippen LogP contribution in [0.4, 0.5) is 14.5 Å². The fraction of sp³-hybridized carbons (Fsp3) is 0.200. The van der Waals surface area contributed by atoms with Gasteiger partial charge in [-0.15, -0.1) is 0 Å². The molecule has 0 fully saturated rings. The SMILES string of the molecule is Cc1ccc(NCCOc2ccc(F)c(F)c2)cc1. The van der Waals surface area contributed by atoms with Crippen molar-refractivity contribution in [2.24, 2.45) is 0 Å². The highest BCUT2D eigenvalue weighted by molar-refractivity contribution is 5.44. The fourth-order valence-electron chi connectivity index (χ4n) is 1.60. The standard InChI is InChI=1S/C15H15F2NO/c1-11-2-4-12(5-3-11)18-8-9-19-13-6-7-14(16)15(17)10-13/h2-7,10,18H,8-9H2,1H3. The smallest absolute Gasteiger partial charge is 0.162 e. The van der Waals surface area contributed by atoms with E-state index in [0.29, 0.717) is 18.9 Å². The molecule has 0 aliphatic carbocycles. The van der Waals surface area contributed by atoms with E-state index in [-0.39, 0.29) is 0 Å². The quantitative estimate of drug-likeness (QED) is 0.829. The number of rotatable bonds is 5. The van der Waals surface area contributed by atoms with Gasteiger partial charge in [-0.1, -0.05) is 17.7 Å². The molecule has 2 rings (SSSR count). The maximum absolute atomic E-state index is 12.9. The van der Waals surface area contributed by atoms with Gasteiger partial charge in [-0.05, 0) is 31.2 Å². The third-order valence-corrected chi connectivity index (χ3v) is 2.64. The van der Waals surface area contributed by atoms with Crippen LogP contribution in [0.15, 0.2) is 42.5 Å². The Bertz CT molecular complexity index is 540. The molecule has 0 atom stereocenters. The van der Waals surface area contributed by atoms with Crippen LogP contribution >= 0.6 is 0 Å². The summed E-state index contributed by atoms with van der Waals surface area (Å²) >= 11 is 0. The molecule has 0 aliphatic rings. The van der Waals surface area contributed by atoms with Crippen molar-refractivity contribution >= 4 is 5.69 Å². The maximum atomic E-state index is 12.9. The van der Waals surface area contributed by atoms with E-state index < -0.39 is 11.6 Å². The summed E-state index contributed by atoms with van der Waals surface area (Å²) in [6.07, 6.45) is 0. The van der Waals surface area contributed by atoms with Crippen LogP contribution in [0.2, 0.25) is 0 Å². The minimum Gasteiger partial charge on any atom is -0.492 e. The lowest BCUT2D eigenvalue weighted by atomic mass is 10.2. The first-order valence-electron chi connectivity index (χ1n) is 6.03. The Morgan fingerprint density at radius 2 is 1.74 bits per heavy atom. The van der Waals surface area contributed by atoms with Crippen LogP contribution in [0.25, 0.3) is 0 Å². The molecule has 0 bridgehead atoms. The van der Waals surface area contributed by atoms with Gasteiger partial charge in [-0.3, -0.25) is 0 Å². The molecule has 0 amide bonds. The molecule has 0 saturated carbocycles. The maximum Gasteiger partial charge on any atom is 0.162 e. The zero-order chi connectivity index (χ0) is 13.7. The fourth-order valence-corrected chi connectivity index (χ4v) is 1.60. The predicted octanol–water partition coefficient (Wildman–Crippen LogP) is 3.76. The number of hydrogen-bond acceptors (Lipinski definition) is 2. The third-order valence-electron chi connectivity index (χ3n) is 2.64. The molecule has 0 saturated heterocycles. The first kappa shape index (κ1) is 13.3. The Morgan fingerprint density at radius 3 is 2.42 bits per heavy atom. The number of ether oxygens (including phenoxy) is 1. The predicted molar refractivity (Wildman–Crippen MR) is 71.5 cm³/mol. The van der Waals surface area contributed by atoms with Gasteiger partial charge in [-0.2, -0.15) is 0 Å². The van der Waals surface area contributed by atoms with Gasteiger partial charge < -0.3 is 10.1 Å². The van der Waals surface area contributed by atoms with E-state index in [4.69, 9.17) is 4.74 Å². The molecular weight excluding hydrogens is 248 g/mol. The van der Waals surface area contributed by atoms with Crippen LogP contribution in [0.5, 0.6) is 5.75 Å². The second-order valence-electron chi connectivity index (χ2n) is 4.22. The first-order valence-corrected chi connectivity index (χ1v) is 6.03. The van der Waals surface area contributed by atoms with Crippen molar-refractivity contribution in [3.05, 3.63) is 59.7 Å². The van der Waals surface area contributed by atoms with Crippen molar-refractivity contribution in [1.29, 1.82) is 0 Å². The molecule has 0 heterocycles. The van der Waals surface area contributed by atoms with Gasteiger partial charge in [0.05, 0.1) is 0 Å². The molecule has 0 unspecified atom stereocenters. The zero-order valence-electron chi connectivity index (χ0n) is 10.6. The minimum atomic E-state index is -0.899. The van der Waals surface area contributed by atoms with Gasteiger partial charge in [0, 0.05) is 18.3 Å². The summed E-state index contributed by atoms with van der Waals surface area (Å²) in [5.41, 5.74) is 2.20. The lowest BCUT2D eigenvalue weighted by Gasteiger charge is -2.09. The minimum absolute atomic E-state index is 0.324. The molecule has 100 valence electrons. The van der Waals surface area contributed by atoms with Gasteiger partial charge in [0.15, 0.2) is 11.6 Å². The van der Waals surface area contributed by atoms with Gasteiger partial charge in [0.25, 0.3) is 0 Å². The molecule has 0 aromatic heterocycles. The number of aryl methyl sites for hydroxylation is 1. The Morgan fingerprint density at radius 1 is 1.00 bits per heavy atom. The first-order chi connectivity index (χ1) is 9.15. The summed E-state index contributed by atoms with van der Waals surface area (Å²) in [7, 11) is 0. The molecule has 1 N–H and O–H groups in total. The highest BCUT2D eigenvalue weighted by Gasteiger charge is 2.02. The number of anilines is 1. The summed E-state index contributed by atoms with van der Waals surface area (Å²) in [4.78, 5) is 0. The summed E-state index contributed by atoms with van der Waals surface area (Å²) in [6, 6.07) is 11.5. The number of hydrogen-bond donors (Lipinski definition) is 1. The molecule has 0 spiro atoms. The van der Waals surface area contributed by atoms with E-state index in [9.17, 15) is 8.78 Å². The van der Waals surface area contributed by atoms with E-state index in [2.05, 4.69) is 5.32 Å². The molecule has 0 radical (unpaired) electrons. The van der Waals surface area contributed by atoms with Crippen LogP contribution in [0.1, 0.15) is 5.56 Å². The second kappa shape index (κ2) is 6.18. The largest absolute Gasteiger partial charge is 0.492 e. The average Bonchev–Trinajstić information content (AvgIpc) is 2.41. The molecule has 2 nitrogen and oxygen atoms in total. The highest BCUT2D eigenvalue weighted by atomic mass is 19.2. The summed E-state index contributed by atoms with van der Waals surface area (Å²) in [5.74, 6) is -1.45. The Hall–Kier alpha value is -2.10. The normalized spacial score (nSPS) is 10.3. The van der Waals surface area contributed by atoms with E-state index in [0.717, 1.165) is 17.8 Å². The van der Waals surface area contributed by atoms with Crippen molar-refractivity contribution in [2.75, 3.05) is 18.5 Å². The summed E-state index contributed by atoms with van der Waals surface area (Å²) in [6.45, 7) is 2.98. The number of halogens is 2. The third kappa shape index (κ3) is 3.95. The van der Waals surface area contributed by atoms with Gasteiger partial charge in [-0.25, -0.2) is 8.78 Å². The highest BCUT2D eigenvalue weighted by Crippen LogP contribution is 2.15. The second-order valence-corrected chi connectivity index (χ2v) is 4.22. The molecule has 2 aromatic rings. The summed E-state index contributed by atoms with van der Waals surface area (Å²) in [5, 5.41) is 3.18. The van der Waals surface area contributed by atoms with E-state index in [1.54, 1.807) is 0 Å². The number of benzene rings is 2. The van der Waals surface area contributed by atoms with Crippen molar-refractivity contribution in [1.82, 2.24) is 0 Å². The van der Waals surface area contributed by atoms with Crippen LogP contribution in [0.3, 0.4) is 0 Å². The topological polar surface area (TPSA) is 21.3 Å². The van der Waals surface area contributed by atoms with E-state index in [1.807, 2.05) is 31.2 Å². The van der Waals surface area contributed by atoms with E-state index >= 15 is 0 Å². The zero-order valence-corrected chi connectivity index (χ0v) is 10.6. The van der Waals surface area contributed by atoms with Gasteiger partial charge in [0.1, 0.15) is 12.4 Å². The van der Waals surface area contributed by atoms with Crippen molar-refractivity contribution < 1.29 is 13.5 Å². The van der Waals surface area contributed by atoms with Crippen LogP contribution in [-0.4, -0.2) is 13.2 Å². The van der Waals surface area contributed by atoms with Crippen LogP contribution in [-0.2, 0) is 0 Å². The van der Waals surface area contributed by atoms with Crippen LogP contribution < -0.4 is 10.1 Å². The van der Waals surface area contributed by atoms with Crippen molar-refractivity contribution in [3.63, 3.8) is 0 Å². The molecule has 4 heteroatoms. The van der Waals surface area contributed by atoms with Crippen molar-refractivity contribution in [3.8, 4) is 5.75 Å². The van der Waals surface area contributed by atoms with Gasteiger partial charge >= 0.3 is 0 Å². The Labute approximate surface area is 111 Å². The lowest BCUT2D eigenvalue weighted by molar-refractivity contribution is 0.329. The van der Waals surface area contributed by atoms with E-state index in [1.165, 1.54) is 11.6 Å². The number of nitrogens with one attached hydrogen (secondary N) is 1. The monoisotopic (exact) mass is 263 g/mol. The molecule has 2 aromatic carbocycles.